The molecule has 1 fully saturated rings. The minimum Gasteiger partial charge on any atom is -0.465 e. The van der Waals surface area contributed by atoms with Crippen LogP contribution in [0.5, 0.6) is 0 Å². The van der Waals surface area contributed by atoms with Crippen LogP contribution in [0, 0.1) is 11.7 Å². The van der Waals surface area contributed by atoms with Crippen LogP contribution in [0.15, 0.2) is 48.5 Å². The van der Waals surface area contributed by atoms with Crippen LogP contribution < -0.4 is 5.32 Å². The Morgan fingerprint density at radius 3 is 2.65 bits per heavy atom. The summed E-state index contributed by atoms with van der Waals surface area (Å²) in [5, 5.41) is 13.0. The summed E-state index contributed by atoms with van der Waals surface area (Å²) >= 11 is 0. The molecule has 1 saturated heterocycles. The molecule has 0 aliphatic carbocycles. The van der Waals surface area contributed by atoms with Crippen LogP contribution in [-0.4, -0.2) is 22.6 Å². The number of rotatable bonds is 1. The summed E-state index contributed by atoms with van der Waals surface area (Å²) < 4.78 is 13.2. The molecule has 2 aliphatic rings. The van der Waals surface area contributed by atoms with Gasteiger partial charge in [-0.1, -0.05) is 30.3 Å². The summed E-state index contributed by atoms with van der Waals surface area (Å²) in [6.07, 6.45) is -0.0903. The smallest absolute Gasteiger partial charge is 0.407 e. The highest BCUT2D eigenvalue weighted by Crippen LogP contribution is 2.50. The van der Waals surface area contributed by atoms with Gasteiger partial charge >= 0.3 is 6.09 Å². The first kappa shape index (κ1) is 14.1. The van der Waals surface area contributed by atoms with Crippen molar-refractivity contribution in [2.75, 3.05) is 11.9 Å². The zero-order valence-electron chi connectivity index (χ0n) is 12.4. The number of halogens is 1. The molecule has 2 aliphatic heterocycles. The molecule has 118 valence electrons. The van der Waals surface area contributed by atoms with E-state index in [2.05, 4.69) is 5.32 Å². The van der Waals surface area contributed by atoms with E-state index in [1.165, 1.54) is 17.0 Å². The topological polar surface area (TPSA) is 52.6 Å². The second-order valence-electron chi connectivity index (χ2n) is 6.13. The molecule has 2 aromatic rings. The fraction of sp³-hybridized carbons (Fsp3) is 0.278. The number of hydrogen-bond donors (Lipinski definition) is 2. The molecule has 1 amide bonds. The van der Waals surface area contributed by atoms with Crippen LogP contribution in [0.3, 0.4) is 0 Å². The first-order valence-electron chi connectivity index (χ1n) is 7.75. The lowest BCUT2D eigenvalue weighted by atomic mass is 9.80. The minimum atomic E-state index is -0.882. The molecule has 4 rings (SSSR count). The van der Waals surface area contributed by atoms with E-state index in [4.69, 9.17) is 0 Å². The van der Waals surface area contributed by atoms with Gasteiger partial charge in [-0.05, 0) is 35.7 Å². The summed E-state index contributed by atoms with van der Waals surface area (Å²) in [7, 11) is 0. The van der Waals surface area contributed by atoms with Crippen molar-refractivity contribution in [1.82, 2.24) is 4.90 Å². The quantitative estimate of drug-likeness (QED) is 0.836. The van der Waals surface area contributed by atoms with E-state index in [1.54, 1.807) is 12.1 Å². The molecule has 4 nitrogen and oxygen atoms in total. The zero-order chi connectivity index (χ0) is 16.0. The zero-order valence-corrected chi connectivity index (χ0v) is 12.4. The van der Waals surface area contributed by atoms with Crippen LogP contribution in [-0.2, 0) is 0 Å². The molecular weight excluding hydrogens is 295 g/mol. The van der Waals surface area contributed by atoms with Crippen LogP contribution in [0.2, 0.25) is 0 Å². The average Bonchev–Trinajstić information content (AvgIpc) is 3.00. The molecule has 0 bridgehead atoms. The lowest BCUT2D eigenvalue weighted by Gasteiger charge is -2.39. The molecule has 5 heteroatoms. The number of amides is 1. The predicted molar refractivity (Wildman–Crippen MR) is 84.8 cm³/mol. The van der Waals surface area contributed by atoms with Gasteiger partial charge < -0.3 is 15.3 Å². The van der Waals surface area contributed by atoms with Crippen molar-refractivity contribution in [2.45, 2.75) is 18.5 Å². The highest BCUT2D eigenvalue weighted by atomic mass is 19.1. The Balaban J connectivity index is 1.79. The van der Waals surface area contributed by atoms with Crippen molar-refractivity contribution in [3.05, 3.63) is 65.5 Å². The van der Waals surface area contributed by atoms with Gasteiger partial charge in [-0.2, -0.15) is 0 Å². The van der Waals surface area contributed by atoms with Gasteiger partial charge in [0, 0.05) is 18.2 Å². The van der Waals surface area contributed by atoms with Crippen molar-refractivity contribution in [2.24, 2.45) is 5.92 Å². The van der Waals surface area contributed by atoms with Gasteiger partial charge in [0.15, 0.2) is 0 Å². The number of hydrogen-bond acceptors (Lipinski definition) is 2. The molecule has 2 N–H and O–H groups in total. The molecule has 0 radical (unpaired) electrons. The summed E-state index contributed by atoms with van der Waals surface area (Å²) in [6.45, 7) is 0.526. The lowest BCUT2D eigenvalue weighted by molar-refractivity contribution is 0.132. The number of benzene rings is 2. The summed E-state index contributed by atoms with van der Waals surface area (Å²) in [5.74, 6) is -0.119. The summed E-state index contributed by atoms with van der Waals surface area (Å²) in [5.41, 5.74) is 2.97. The number of carbonyl (C=O) groups is 1. The Bertz CT molecular complexity index is 747. The van der Waals surface area contributed by atoms with E-state index in [1.807, 2.05) is 24.3 Å². The molecule has 0 saturated carbocycles. The molecule has 23 heavy (non-hydrogen) atoms. The van der Waals surface area contributed by atoms with Crippen molar-refractivity contribution in [3.63, 3.8) is 0 Å². The van der Waals surface area contributed by atoms with Crippen LogP contribution in [0.1, 0.15) is 29.6 Å². The average molecular weight is 312 g/mol. The summed E-state index contributed by atoms with van der Waals surface area (Å²) in [4.78, 5) is 13.1. The van der Waals surface area contributed by atoms with Gasteiger partial charge in [0.2, 0.25) is 0 Å². The number of nitrogens with one attached hydrogen (secondary N) is 1. The fourth-order valence-corrected chi connectivity index (χ4v) is 3.94. The number of para-hydroxylation sites is 1. The van der Waals surface area contributed by atoms with Crippen molar-refractivity contribution in [3.8, 4) is 0 Å². The Morgan fingerprint density at radius 1 is 1.17 bits per heavy atom. The minimum absolute atomic E-state index is 0.0140. The Kier molecular flexibility index (Phi) is 3.22. The van der Waals surface area contributed by atoms with E-state index in [9.17, 15) is 14.3 Å². The van der Waals surface area contributed by atoms with E-state index in [-0.39, 0.29) is 23.8 Å². The molecule has 0 spiro atoms. The van der Waals surface area contributed by atoms with Gasteiger partial charge in [-0.25, -0.2) is 9.18 Å². The van der Waals surface area contributed by atoms with Crippen LogP contribution >= 0.6 is 0 Å². The monoisotopic (exact) mass is 312 g/mol. The third kappa shape index (κ3) is 2.23. The Morgan fingerprint density at radius 2 is 1.91 bits per heavy atom. The van der Waals surface area contributed by atoms with E-state index in [0.717, 1.165) is 23.2 Å². The molecular formula is C18H17FN2O2. The maximum Gasteiger partial charge on any atom is 0.407 e. The largest absolute Gasteiger partial charge is 0.465 e. The van der Waals surface area contributed by atoms with Gasteiger partial charge in [0.1, 0.15) is 5.82 Å². The van der Waals surface area contributed by atoms with E-state index < -0.39 is 6.09 Å². The fourth-order valence-electron chi connectivity index (χ4n) is 3.94. The Labute approximate surface area is 133 Å². The first-order chi connectivity index (χ1) is 11.1. The SMILES string of the molecule is O=C(O)N1CC[C@@H]2[C@H](c3ccc(F)cc3)Nc3ccccc3[C@@H]21. The number of nitrogens with zero attached hydrogens (tertiary/aromatic N) is 1. The Hall–Kier alpha value is -2.56. The maximum atomic E-state index is 13.2. The van der Waals surface area contributed by atoms with Gasteiger partial charge in [-0.3, -0.25) is 0 Å². The van der Waals surface area contributed by atoms with Gasteiger partial charge in [0.05, 0.1) is 12.1 Å². The van der Waals surface area contributed by atoms with Gasteiger partial charge in [-0.15, -0.1) is 0 Å². The maximum absolute atomic E-state index is 13.2. The van der Waals surface area contributed by atoms with Crippen molar-refractivity contribution in [1.29, 1.82) is 0 Å². The normalized spacial score (nSPS) is 25.4. The molecule has 2 heterocycles. The highest BCUT2D eigenvalue weighted by molar-refractivity contribution is 5.69. The summed E-state index contributed by atoms with van der Waals surface area (Å²) in [6, 6.07) is 14.1. The molecule has 0 aromatic heterocycles. The first-order valence-corrected chi connectivity index (χ1v) is 7.75. The van der Waals surface area contributed by atoms with Crippen molar-refractivity contribution < 1.29 is 14.3 Å². The van der Waals surface area contributed by atoms with Gasteiger partial charge in [0.25, 0.3) is 0 Å². The molecule has 2 aromatic carbocycles. The third-order valence-corrected chi connectivity index (χ3v) is 4.94. The number of fused-ring (bicyclic) bond motifs is 3. The van der Waals surface area contributed by atoms with E-state index in [0.29, 0.717) is 6.54 Å². The van der Waals surface area contributed by atoms with Crippen LogP contribution in [0.4, 0.5) is 14.9 Å². The van der Waals surface area contributed by atoms with Crippen LogP contribution in [0.25, 0.3) is 0 Å². The second kappa shape index (κ2) is 5.26. The second-order valence-corrected chi connectivity index (χ2v) is 6.13. The predicted octanol–water partition coefficient (Wildman–Crippen LogP) is 4.03. The molecule has 3 atom stereocenters. The number of likely N-dealkylation sites (tertiary alicyclic amines) is 1. The number of anilines is 1. The van der Waals surface area contributed by atoms with Crippen molar-refractivity contribution >= 4 is 11.8 Å². The molecule has 0 unspecified atom stereocenters. The lowest BCUT2D eigenvalue weighted by Crippen LogP contribution is -2.36. The standard InChI is InChI=1S/C18H17FN2O2/c19-12-7-5-11(6-8-12)16-14-9-10-21(18(22)23)17(14)13-3-1-2-4-15(13)20-16/h1-8,14,16-17,20H,9-10H2,(H,22,23)/t14-,16+,17+/m1/s1. The van der Waals surface area contributed by atoms with E-state index >= 15 is 0 Å². The highest BCUT2D eigenvalue weighted by Gasteiger charge is 2.46. The number of carboxylic acid groups (broad SMARTS) is 1. The third-order valence-electron chi connectivity index (χ3n) is 4.94.